The van der Waals surface area contributed by atoms with Crippen LogP contribution in [0.1, 0.15) is 35.7 Å². The first-order chi connectivity index (χ1) is 7.33. The van der Waals surface area contributed by atoms with Crippen molar-refractivity contribution in [1.82, 2.24) is 15.5 Å². The molecule has 2 heterocycles. The van der Waals surface area contributed by atoms with Crippen LogP contribution in [0.2, 0.25) is 0 Å². The molecule has 15 heavy (non-hydrogen) atoms. The van der Waals surface area contributed by atoms with Crippen LogP contribution in [-0.4, -0.2) is 30.5 Å². The highest BCUT2D eigenvalue weighted by atomic mass is 16.5. The van der Waals surface area contributed by atoms with E-state index in [1.54, 1.807) is 0 Å². The third kappa shape index (κ3) is 2.21. The molecule has 0 aliphatic carbocycles. The molecular weight excluding hydrogens is 190 g/mol. The van der Waals surface area contributed by atoms with Gasteiger partial charge in [0.15, 0.2) is 0 Å². The molecule has 0 amide bonds. The molecule has 0 radical (unpaired) electrons. The van der Waals surface area contributed by atoms with Crippen molar-refractivity contribution in [2.24, 2.45) is 0 Å². The van der Waals surface area contributed by atoms with E-state index in [0.717, 1.165) is 32.6 Å². The molecule has 0 bridgehead atoms. The van der Waals surface area contributed by atoms with E-state index < -0.39 is 0 Å². The van der Waals surface area contributed by atoms with Crippen molar-refractivity contribution >= 4 is 0 Å². The molecule has 1 aliphatic rings. The van der Waals surface area contributed by atoms with Gasteiger partial charge >= 0.3 is 0 Å². The monoisotopic (exact) mass is 209 g/mol. The van der Waals surface area contributed by atoms with Crippen molar-refractivity contribution in [3.05, 3.63) is 17.0 Å². The largest absolute Gasteiger partial charge is 0.381 e. The van der Waals surface area contributed by atoms with Crippen molar-refractivity contribution in [1.29, 1.82) is 0 Å². The maximum atomic E-state index is 5.37. The van der Waals surface area contributed by atoms with E-state index in [9.17, 15) is 0 Å². The summed E-state index contributed by atoms with van der Waals surface area (Å²) in [5.74, 6) is 0.576. The summed E-state index contributed by atoms with van der Waals surface area (Å²) in [6.45, 7) is 4.72. The van der Waals surface area contributed by atoms with Crippen LogP contribution in [-0.2, 0) is 11.3 Å². The molecule has 0 spiro atoms. The molecule has 2 rings (SSSR count). The molecule has 1 saturated heterocycles. The average molecular weight is 209 g/mol. The Morgan fingerprint density at radius 2 is 2.20 bits per heavy atom. The smallest absolute Gasteiger partial charge is 0.0702 e. The Morgan fingerprint density at radius 1 is 1.47 bits per heavy atom. The first kappa shape index (κ1) is 10.6. The van der Waals surface area contributed by atoms with Gasteiger partial charge < -0.3 is 10.1 Å². The van der Waals surface area contributed by atoms with Crippen LogP contribution in [0.5, 0.6) is 0 Å². The van der Waals surface area contributed by atoms with Crippen molar-refractivity contribution in [3.63, 3.8) is 0 Å². The SMILES string of the molecule is CNCc1c(C2CCOCC2)n[nH]c1C. The van der Waals surface area contributed by atoms with E-state index in [0.29, 0.717) is 5.92 Å². The van der Waals surface area contributed by atoms with Gasteiger partial charge in [-0.1, -0.05) is 0 Å². The number of nitrogens with zero attached hydrogens (tertiary/aromatic N) is 1. The summed E-state index contributed by atoms with van der Waals surface area (Å²) in [5, 5.41) is 10.7. The molecule has 0 atom stereocenters. The van der Waals surface area contributed by atoms with E-state index in [-0.39, 0.29) is 0 Å². The maximum Gasteiger partial charge on any atom is 0.0702 e. The van der Waals surface area contributed by atoms with Gasteiger partial charge in [0, 0.05) is 36.9 Å². The number of hydrogen-bond donors (Lipinski definition) is 2. The van der Waals surface area contributed by atoms with E-state index in [1.165, 1.54) is 17.0 Å². The Kier molecular flexibility index (Phi) is 3.38. The second kappa shape index (κ2) is 4.77. The maximum absolute atomic E-state index is 5.37. The summed E-state index contributed by atoms with van der Waals surface area (Å²) in [4.78, 5) is 0. The Bertz CT molecular complexity index is 316. The summed E-state index contributed by atoms with van der Waals surface area (Å²) >= 11 is 0. The molecule has 1 aromatic heterocycles. The highest BCUT2D eigenvalue weighted by molar-refractivity contribution is 5.27. The van der Waals surface area contributed by atoms with E-state index in [4.69, 9.17) is 4.74 Å². The van der Waals surface area contributed by atoms with Crippen LogP contribution >= 0.6 is 0 Å². The molecule has 0 aromatic carbocycles. The zero-order valence-corrected chi connectivity index (χ0v) is 9.47. The summed E-state index contributed by atoms with van der Waals surface area (Å²) in [7, 11) is 1.97. The standard InChI is InChI=1S/C11H19N3O/c1-8-10(7-12-2)11(14-13-8)9-3-5-15-6-4-9/h9,12H,3-7H2,1-2H3,(H,13,14). The van der Waals surface area contributed by atoms with Crippen LogP contribution < -0.4 is 5.32 Å². The lowest BCUT2D eigenvalue weighted by atomic mass is 9.93. The summed E-state index contributed by atoms with van der Waals surface area (Å²) < 4.78 is 5.37. The molecule has 4 nitrogen and oxygen atoms in total. The molecule has 4 heteroatoms. The quantitative estimate of drug-likeness (QED) is 0.789. The zero-order valence-electron chi connectivity index (χ0n) is 9.47. The highest BCUT2D eigenvalue weighted by Gasteiger charge is 2.22. The Morgan fingerprint density at radius 3 is 2.87 bits per heavy atom. The Balaban J connectivity index is 2.18. The highest BCUT2D eigenvalue weighted by Crippen LogP contribution is 2.28. The van der Waals surface area contributed by atoms with E-state index in [2.05, 4.69) is 22.4 Å². The van der Waals surface area contributed by atoms with Crippen LogP contribution in [0.3, 0.4) is 0 Å². The van der Waals surface area contributed by atoms with Crippen molar-refractivity contribution in [2.75, 3.05) is 20.3 Å². The lowest BCUT2D eigenvalue weighted by Crippen LogP contribution is -2.17. The number of rotatable bonds is 3. The number of H-pyrrole nitrogens is 1. The van der Waals surface area contributed by atoms with Gasteiger partial charge in [-0.05, 0) is 26.8 Å². The predicted molar refractivity (Wildman–Crippen MR) is 58.9 cm³/mol. The van der Waals surface area contributed by atoms with Crippen LogP contribution in [0.15, 0.2) is 0 Å². The van der Waals surface area contributed by atoms with Gasteiger partial charge in [0.1, 0.15) is 0 Å². The summed E-state index contributed by atoms with van der Waals surface area (Å²) in [6, 6.07) is 0. The fourth-order valence-electron chi connectivity index (χ4n) is 2.18. The normalized spacial score (nSPS) is 18.3. The zero-order chi connectivity index (χ0) is 10.7. The molecule has 1 aromatic rings. The third-order valence-electron chi connectivity index (χ3n) is 3.07. The van der Waals surface area contributed by atoms with Crippen LogP contribution in [0, 0.1) is 6.92 Å². The first-order valence-corrected chi connectivity index (χ1v) is 5.59. The fraction of sp³-hybridized carbons (Fsp3) is 0.727. The van der Waals surface area contributed by atoms with Gasteiger partial charge in [-0.15, -0.1) is 0 Å². The molecular formula is C11H19N3O. The van der Waals surface area contributed by atoms with Gasteiger partial charge in [-0.25, -0.2) is 0 Å². The van der Waals surface area contributed by atoms with Crippen LogP contribution in [0.4, 0.5) is 0 Å². The van der Waals surface area contributed by atoms with E-state index in [1.807, 2.05) is 7.05 Å². The van der Waals surface area contributed by atoms with E-state index >= 15 is 0 Å². The van der Waals surface area contributed by atoms with Gasteiger partial charge in [0.2, 0.25) is 0 Å². The molecule has 0 unspecified atom stereocenters. The number of hydrogen-bond acceptors (Lipinski definition) is 3. The fourth-order valence-corrected chi connectivity index (χ4v) is 2.18. The molecule has 1 fully saturated rings. The second-order valence-electron chi connectivity index (χ2n) is 4.13. The Labute approximate surface area is 90.4 Å². The molecule has 84 valence electrons. The lowest BCUT2D eigenvalue weighted by Gasteiger charge is -2.21. The van der Waals surface area contributed by atoms with Gasteiger partial charge in [0.05, 0.1) is 5.69 Å². The number of aromatic nitrogens is 2. The number of nitrogens with one attached hydrogen (secondary N) is 2. The summed E-state index contributed by atoms with van der Waals surface area (Å²) in [5.41, 5.74) is 3.76. The number of ether oxygens (including phenoxy) is 1. The third-order valence-corrected chi connectivity index (χ3v) is 3.07. The predicted octanol–water partition coefficient (Wildman–Crippen LogP) is 1.33. The van der Waals surface area contributed by atoms with Crippen molar-refractivity contribution in [2.45, 2.75) is 32.2 Å². The van der Waals surface area contributed by atoms with Crippen molar-refractivity contribution in [3.8, 4) is 0 Å². The van der Waals surface area contributed by atoms with Crippen molar-refractivity contribution < 1.29 is 4.74 Å². The number of aryl methyl sites for hydroxylation is 1. The minimum atomic E-state index is 0.576. The van der Waals surface area contributed by atoms with Gasteiger partial charge in [-0.3, -0.25) is 5.10 Å². The topological polar surface area (TPSA) is 49.9 Å². The molecule has 1 aliphatic heterocycles. The number of aromatic amines is 1. The minimum absolute atomic E-state index is 0.576. The summed E-state index contributed by atoms with van der Waals surface area (Å²) in [6.07, 6.45) is 2.20. The van der Waals surface area contributed by atoms with Crippen LogP contribution in [0.25, 0.3) is 0 Å². The molecule has 2 N–H and O–H groups in total. The minimum Gasteiger partial charge on any atom is -0.381 e. The molecule has 0 saturated carbocycles. The lowest BCUT2D eigenvalue weighted by molar-refractivity contribution is 0.0843. The van der Waals surface area contributed by atoms with Gasteiger partial charge in [0.25, 0.3) is 0 Å². The second-order valence-corrected chi connectivity index (χ2v) is 4.13. The Hall–Kier alpha value is -0.870. The average Bonchev–Trinajstić information content (AvgIpc) is 2.63. The first-order valence-electron chi connectivity index (χ1n) is 5.59. The van der Waals surface area contributed by atoms with Gasteiger partial charge in [-0.2, -0.15) is 5.10 Å².